The maximum Gasteiger partial charge on any atom is 0.238 e. The van der Waals surface area contributed by atoms with Gasteiger partial charge in [0.05, 0.1) is 19.8 Å². The standard InChI is InChI=1S/C23H31N5O2/c29-23(19-27-11-9-26(10-12-27)18-21-5-7-24-8-6-21)25-22-3-1-20(2-4-22)17-28-13-15-30-16-14-28/h1-8H,9-19H2,(H,25,29). The van der Waals surface area contributed by atoms with Gasteiger partial charge in [0.25, 0.3) is 0 Å². The molecule has 30 heavy (non-hydrogen) atoms. The molecule has 0 saturated carbocycles. The molecule has 2 saturated heterocycles. The molecule has 0 bridgehead atoms. The van der Waals surface area contributed by atoms with Crippen LogP contribution in [0.1, 0.15) is 11.1 Å². The van der Waals surface area contributed by atoms with Gasteiger partial charge in [0.2, 0.25) is 5.91 Å². The molecule has 3 heterocycles. The van der Waals surface area contributed by atoms with E-state index in [9.17, 15) is 4.79 Å². The van der Waals surface area contributed by atoms with Crippen molar-refractivity contribution in [1.82, 2.24) is 19.7 Å². The molecule has 1 aromatic carbocycles. The summed E-state index contributed by atoms with van der Waals surface area (Å²) in [5, 5.41) is 3.04. The smallest absolute Gasteiger partial charge is 0.238 e. The number of morpholine rings is 1. The van der Waals surface area contributed by atoms with Gasteiger partial charge >= 0.3 is 0 Å². The first kappa shape index (κ1) is 20.9. The number of piperazine rings is 1. The fourth-order valence-electron chi connectivity index (χ4n) is 3.97. The van der Waals surface area contributed by atoms with Crippen LogP contribution in [0.15, 0.2) is 48.8 Å². The lowest BCUT2D eigenvalue weighted by atomic mass is 10.2. The number of hydrogen-bond acceptors (Lipinski definition) is 6. The number of rotatable bonds is 7. The van der Waals surface area contributed by atoms with Crippen LogP contribution >= 0.6 is 0 Å². The van der Waals surface area contributed by atoms with E-state index in [1.165, 1.54) is 11.1 Å². The van der Waals surface area contributed by atoms with Crippen LogP contribution in [0.25, 0.3) is 0 Å². The molecule has 7 nitrogen and oxygen atoms in total. The number of hydrogen-bond donors (Lipinski definition) is 1. The lowest BCUT2D eigenvalue weighted by Crippen LogP contribution is -2.48. The van der Waals surface area contributed by atoms with Crippen LogP contribution in [0.3, 0.4) is 0 Å². The van der Waals surface area contributed by atoms with E-state index < -0.39 is 0 Å². The number of ether oxygens (including phenoxy) is 1. The van der Waals surface area contributed by atoms with Gasteiger partial charge in [-0.05, 0) is 35.4 Å². The van der Waals surface area contributed by atoms with E-state index in [2.05, 4.69) is 49.3 Å². The van der Waals surface area contributed by atoms with E-state index in [1.807, 2.05) is 24.5 Å². The van der Waals surface area contributed by atoms with Crippen molar-refractivity contribution >= 4 is 11.6 Å². The molecule has 160 valence electrons. The fraction of sp³-hybridized carbons (Fsp3) is 0.478. The van der Waals surface area contributed by atoms with Crippen LogP contribution in [0.4, 0.5) is 5.69 Å². The summed E-state index contributed by atoms with van der Waals surface area (Å²) >= 11 is 0. The molecule has 0 radical (unpaired) electrons. The Bertz CT molecular complexity index is 785. The normalized spacial score (nSPS) is 18.9. The molecule has 0 unspecified atom stereocenters. The molecular weight excluding hydrogens is 378 g/mol. The quantitative estimate of drug-likeness (QED) is 0.751. The molecular formula is C23H31N5O2. The Balaban J connectivity index is 1.17. The van der Waals surface area contributed by atoms with Crippen LogP contribution in [0.2, 0.25) is 0 Å². The Morgan fingerprint density at radius 1 is 0.800 bits per heavy atom. The highest BCUT2D eigenvalue weighted by atomic mass is 16.5. The zero-order chi connectivity index (χ0) is 20.6. The van der Waals surface area contributed by atoms with Gasteiger partial charge < -0.3 is 10.1 Å². The lowest BCUT2D eigenvalue weighted by Gasteiger charge is -2.34. The Morgan fingerprint density at radius 2 is 1.37 bits per heavy atom. The third-order valence-corrected chi connectivity index (χ3v) is 5.74. The number of aromatic nitrogens is 1. The summed E-state index contributed by atoms with van der Waals surface area (Å²) in [6, 6.07) is 12.3. The summed E-state index contributed by atoms with van der Waals surface area (Å²) in [7, 11) is 0. The van der Waals surface area contributed by atoms with Gasteiger partial charge in [0, 0.05) is 70.4 Å². The maximum absolute atomic E-state index is 12.5. The number of benzene rings is 1. The third kappa shape index (κ3) is 6.34. The minimum absolute atomic E-state index is 0.0542. The van der Waals surface area contributed by atoms with Gasteiger partial charge in [-0.2, -0.15) is 0 Å². The molecule has 1 amide bonds. The molecule has 7 heteroatoms. The second-order valence-electron chi connectivity index (χ2n) is 8.04. The topological polar surface area (TPSA) is 60.9 Å². The number of carbonyl (C=O) groups excluding carboxylic acids is 1. The summed E-state index contributed by atoms with van der Waals surface area (Å²) in [6.45, 7) is 9.69. The monoisotopic (exact) mass is 409 g/mol. The van der Waals surface area contributed by atoms with Crippen molar-refractivity contribution in [3.63, 3.8) is 0 Å². The number of carbonyl (C=O) groups is 1. The van der Waals surface area contributed by atoms with E-state index in [4.69, 9.17) is 4.74 Å². The Kier molecular flexibility index (Phi) is 7.42. The summed E-state index contributed by atoms with van der Waals surface area (Å²) in [6.07, 6.45) is 3.68. The lowest BCUT2D eigenvalue weighted by molar-refractivity contribution is -0.117. The van der Waals surface area contributed by atoms with Gasteiger partial charge in [0.1, 0.15) is 0 Å². The molecule has 0 aliphatic carbocycles. The average molecular weight is 410 g/mol. The number of anilines is 1. The van der Waals surface area contributed by atoms with E-state index >= 15 is 0 Å². The van der Waals surface area contributed by atoms with Crippen LogP contribution in [0.5, 0.6) is 0 Å². The summed E-state index contributed by atoms with van der Waals surface area (Å²) in [5.41, 5.74) is 3.41. The van der Waals surface area contributed by atoms with E-state index in [-0.39, 0.29) is 5.91 Å². The van der Waals surface area contributed by atoms with Crippen LogP contribution in [-0.4, -0.2) is 84.6 Å². The van der Waals surface area contributed by atoms with Crippen LogP contribution in [-0.2, 0) is 22.6 Å². The van der Waals surface area contributed by atoms with Crippen molar-refractivity contribution in [2.45, 2.75) is 13.1 Å². The molecule has 1 N–H and O–H groups in total. The van der Waals surface area contributed by atoms with Gasteiger partial charge in [0.15, 0.2) is 0 Å². The third-order valence-electron chi connectivity index (χ3n) is 5.74. The SMILES string of the molecule is O=C(CN1CCN(Cc2ccncc2)CC1)Nc1ccc(CN2CCOCC2)cc1. The summed E-state index contributed by atoms with van der Waals surface area (Å²) in [5.74, 6) is 0.0542. The minimum Gasteiger partial charge on any atom is -0.379 e. The minimum atomic E-state index is 0.0542. The van der Waals surface area contributed by atoms with Gasteiger partial charge in [-0.25, -0.2) is 0 Å². The molecule has 0 atom stereocenters. The average Bonchev–Trinajstić information content (AvgIpc) is 2.78. The Morgan fingerprint density at radius 3 is 2.03 bits per heavy atom. The zero-order valence-electron chi connectivity index (χ0n) is 17.5. The second-order valence-corrected chi connectivity index (χ2v) is 8.04. The Hall–Kier alpha value is -2.32. The molecule has 2 aliphatic rings. The van der Waals surface area contributed by atoms with Crippen molar-refractivity contribution in [2.24, 2.45) is 0 Å². The van der Waals surface area contributed by atoms with E-state index in [0.717, 1.165) is 71.3 Å². The largest absolute Gasteiger partial charge is 0.379 e. The zero-order valence-corrected chi connectivity index (χ0v) is 17.5. The molecule has 4 rings (SSSR count). The van der Waals surface area contributed by atoms with Crippen molar-refractivity contribution in [3.8, 4) is 0 Å². The Labute approximate surface area is 178 Å². The highest BCUT2D eigenvalue weighted by Gasteiger charge is 2.19. The molecule has 2 aliphatic heterocycles. The fourth-order valence-corrected chi connectivity index (χ4v) is 3.97. The number of amides is 1. The molecule has 2 aromatic rings. The van der Waals surface area contributed by atoms with Crippen molar-refractivity contribution in [3.05, 3.63) is 59.9 Å². The van der Waals surface area contributed by atoms with E-state index in [0.29, 0.717) is 6.54 Å². The number of nitrogens with zero attached hydrogens (tertiary/aromatic N) is 4. The van der Waals surface area contributed by atoms with Crippen molar-refractivity contribution < 1.29 is 9.53 Å². The first-order valence-corrected chi connectivity index (χ1v) is 10.8. The number of pyridine rings is 1. The van der Waals surface area contributed by atoms with Gasteiger partial charge in [-0.3, -0.25) is 24.5 Å². The highest BCUT2D eigenvalue weighted by Crippen LogP contribution is 2.13. The first-order valence-electron chi connectivity index (χ1n) is 10.8. The van der Waals surface area contributed by atoms with E-state index in [1.54, 1.807) is 0 Å². The van der Waals surface area contributed by atoms with Gasteiger partial charge in [-0.1, -0.05) is 12.1 Å². The summed E-state index contributed by atoms with van der Waals surface area (Å²) < 4.78 is 5.40. The van der Waals surface area contributed by atoms with Gasteiger partial charge in [-0.15, -0.1) is 0 Å². The maximum atomic E-state index is 12.5. The number of nitrogens with one attached hydrogen (secondary N) is 1. The van der Waals surface area contributed by atoms with Crippen LogP contribution in [0, 0.1) is 0 Å². The highest BCUT2D eigenvalue weighted by molar-refractivity contribution is 5.92. The molecule has 0 spiro atoms. The first-order chi connectivity index (χ1) is 14.7. The van der Waals surface area contributed by atoms with Crippen molar-refractivity contribution in [1.29, 1.82) is 0 Å². The van der Waals surface area contributed by atoms with Crippen molar-refractivity contribution in [2.75, 3.05) is 64.3 Å². The van der Waals surface area contributed by atoms with Crippen LogP contribution < -0.4 is 5.32 Å². The summed E-state index contributed by atoms with van der Waals surface area (Å²) in [4.78, 5) is 23.6. The second kappa shape index (κ2) is 10.6. The molecule has 1 aromatic heterocycles. The molecule has 2 fully saturated rings. The predicted octanol–water partition coefficient (Wildman–Crippen LogP) is 1.67. The predicted molar refractivity (Wildman–Crippen MR) is 117 cm³/mol.